The number of imidazole rings is 1. The second-order valence-corrected chi connectivity index (χ2v) is 5.38. The maximum Gasteiger partial charge on any atom is 0.203 e. The summed E-state index contributed by atoms with van der Waals surface area (Å²) < 4.78 is 7.66. The summed E-state index contributed by atoms with van der Waals surface area (Å²) in [6.07, 6.45) is 10.4. The van der Waals surface area contributed by atoms with E-state index in [0.717, 1.165) is 38.0 Å². The van der Waals surface area contributed by atoms with Crippen molar-refractivity contribution in [3.05, 3.63) is 12.4 Å². The predicted molar refractivity (Wildman–Crippen MR) is 78.5 cm³/mol. The highest BCUT2D eigenvalue weighted by Gasteiger charge is 2.26. The smallest absolute Gasteiger partial charge is 0.203 e. The lowest BCUT2D eigenvalue weighted by Crippen LogP contribution is -2.14. The first kappa shape index (κ1) is 14.4. The molecule has 1 atom stereocenters. The molecule has 0 amide bonds. The zero-order valence-electron chi connectivity index (χ0n) is 12.3. The molecule has 1 unspecified atom stereocenters. The lowest BCUT2D eigenvalue weighted by atomic mass is 10.1. The van der Waals surface area contributed by atoms with Crippen molar-refractivity contribution in [3.8, 4) is 0 Å². The molecule has 1 N–H and O–H groups in total. The van der Waals surface area contributed by atoms with Crippen LogP contribution in [0.4, 0.5) is 5.95 Å². The van der Waals surface area contributed by atoms with Crippen molar-refractivity contribution in [3.63, 3.8) is 0 Å². The van der Waals surface area contributed by atoms with Gasteiger partial charge in [-0.2, -0.15) is 0 Å². The van der Waals surface area contributed by atoms with Crippen LogP contribution in [-0.2, 0) is 4.74 Å². The number of aromatic nitrogens is 2. The number of rotatable bonds is 10. The summed E-state index contributed by atoms with van der Waals surface area (Å²) in [5, 5.41) is 3.43. The van der Waals surface area contributed by atoms with E-state index in [4.69, 9.17) is 4.74 Å². The number of anilines is 1. The molecule has 1 aliphatic carbocycles. The second kappa shape index (κ2) is 7.53. The Kier molecular flexibility index (Phi) is 5.70. The van der Waals surface area contributed by atoms with Crippen LogP contribution in [0.2, 0.25) is 0 Å². The van der Waals surface area contributed by atoms with E-state index >= 15 is 0 Å². The summed E-state index contributed by atoms with van der Waals surface area (Å²) in [6.45, 7) is 6.85. The number of nitrogens with zero attached hydrogens (tertiary/aromatic N) is 2. The van der Waals surface area contributed by atoms with Gasteiger partial charge in [-0.15, -0.1) is 0 Å². The Morgan fingerprint density at radius 2 is 2.32 bits per heavy atom. The van der Waals surface area contributed by atoms with Crippen molar-refractivity contribution in [2.75, 3.05) is 25.1 Å². The molecule has 1 fully saturated rings. The van der Waals surface area contributed by atoms with E-state index in [9.17, 15) is 0 Å². The third kappa shape index (κ3) is 4.53. The van der Waals surface area contributed by atoms with E-state index in [2.05, 4.69) is 28.0 Å². The van der Waals surface area contributed by atoms with E-state index in [-0.39, 0.29) is 0 Å². The molecule has 1 aromatic heterocycles. The quantitative estimate of drug-likeness (QED) is 0.658. The van der Waals surface area contributed by atoms with E-state index in [0.29, 0.717) is 6.04 Å². The van der Waals surface area contributed by atoms with Gasteiger partial charge >= 0.3 is 0 Å². The van der Waals surface area contributed by atoms with Crippen LogP contribution in [0.25, 0.3) is 0 Å². The molecule has 19 heavy (non-hydrogen) atoms. The Morgan fingerprint density at radius 3 is 3.00 bits per heavy atom. The van der Waals surface area contributed by atoms with Crippen LogP contribution < -0.4 is 5.32 Å². The van der Waals surface area contributed by atoms with Crippen molar-refractivity contribution >= 4 is 5.95 Å². The van der Waals surface area contributed by atoms with Crippen molar-refractivity contribution in [2.45, 2.75) is 52.0 Å². The van der Waals surface area contributed by atoms with Gasteiger partial charge in [-0.25, -0.2) is 4.98 Å². The first-order chi connectivity index (χ1) is 9.35. The third-order valence-electron chi connectivity index (χ3n) is 3.79. The van der Waals surface area contributed by atoms with Crippen molar-refractivity contribution < 1.29 is 4.74 Å². The van der Waals surface area contributed by atoms with Crippen molar-refractivity contribution in [2.24, 2.45) is 5.92 Å². The van der Waals surface area contributed by atoms with Gasteiger partial charge in [0.1, 0.15) is 0 Å². The third-order valence-corrected chi connectivity index (χ3v) is 3.79. The van der Waals surface area contributed by atoms with Gasteiger partial charge in [-0.3, -0.25) is 0 Å². The molecular formula is C15H27N3O. The van der Waals surface area contributed by atoms with E-state index in [1.807, 2.05) is 13.1 Å². The highest BCUT2D eigenvalue weighted by atomic mass is 16.5. The van der Waals surface area contributed by atoms with Gasteiger partial charge in [0.2, 0.25) is 5.95 Å². The van der Waals surface area contributed by atoms with Gasteiger partial charge in [0.15, 0.2) is 0 Å². The lowest BCUT2D eigenvalue weighted by Gasteiger charge is -2.19. The zero-order chi connectivity index (χ0) is 13.5. The molecule has 2 rings (SSSR count). The molecule has 0 aromatic carbocycles. The molecule has 0 saturated heterocycles. The summed E-state index contributed by atoms with van der Waals surface area (Å²) in [7, 11) is 0. The highest BCUT2D eigenvalue weighted by molar-refractivity contribution is 5.26. The standard InChI is InChI=1S/C15H27N3O/c1-3-14(12-13-6-7-13)18-10-9-17-15(18)16-8-5-11-19-4-2/h9-10,13-14H,3-8,11-12H2,1-2H3,(H,16,17). The van der Waals surface area contributed by atoms with Gasteiger partial charge < -0.3 is 14.6 Å². The Hall–Kier alpha value is -1.03. The topological polar surface area (TPSA) is 39.1 Å². The first-order valence-electron chi connectivity index (χ1n) is 7.69. The fourth-order valence-electron chi connectivity index (χ4n) is 2.48. The summed E-state index contributed by atoms with van der Waals surface area (Å²) in [5.41, 5.74) is 0. The minimum absolute atomic E-state index is 0.601. The Labute approximate surface area is 116 Å². The van der Waals surface area contributed by atoms with E-state index < -0.39 is 0 Å². The number of hydrogen-bond donors (Lipinski definition) is 1. The predicted octanol–water partition coefficient (Wildman–Crippen LogP) is 3.47. The van der Waals surface area contributed by atoms with Gasteiger partial charge in [0, 0.05) is 38.2 Å². The zero-order valence-corrected chi connectivity index (χ0v) is 12.3. The van der Waals surface area contributed by atoms with Crippen molar-refractivity contribution in [1.29, 1.82) is 0 Å². The second-order valence-electron chi connectivity index (χ2n) is 5.38. The number of ether oxygens (including phenoxy) is 1. The van der Waals surface area contributed by atoms with Gasteiger partial charge in [-0.05, 0) is 32.1 Å². The summed E-state index contributed by atoms with van der Waals surface area (Å²) in [6, 6.07) is 0.601. The maximum atomic E-state index is 5.35. The highest BCUT2D eigenvalue weighted by Crippen LogP contribution is 2.38. The van der Waals surface area contributed by atoms with E-state index in [1.165, 1.54) is 25.7 Å². The molecule has 0 spiro atoms. The number of nitrogens with one attached hydrogen (secondary N) is 1. The molecule has 0 radical (unpaired) electrons. The maximum absolute atomic E-state index is 5.35. The first-order valence-corrected chi connectivity index (χ1v) is 7.69. The number of hydrogen-bond acceptors (Lipinski definition) is 3. The van der Waals surface area contributed by atoms with Crippen molar-refractivity contribution in [1.82, 2.24) is 9.55 Å². The molecule has 0 bridgehead atoms. The summed E-state index contributed by atoms with van der Waals surface area (Å²) >= 11 is 0. The monoisotopic (exact) mass is 265 g/mol. The van der Waals surface area contributed by atoms with E-state index in [1.54, 1.807) is 0 Å². The molecule has 1 aromatic rings. The fourth-order valence-corrected chi connectivity index (χ4v) is 2.48. The van der Waals surface area contributed by atoms with Gasteiger partial charge in [-0.1, -0.05) is 19.8 Å². The van der Waals surface area contributed by atoms with Gasteiger partial charge in [0.05, 0.1) is 0 Å². The molecule has 108 valence electrons. The Morgan fingerprint density at radius 1 is 1.47 bits per heavy atom. The molecule has 4 nitrogen and oxygen atoms in total. The molecule has 1 aliphatic rings. The van der Waals surface area contributed by atoms with Crippen LogP contribution in [0, 0.1) is 5.92 Å². The fraction of sp³-hybridized carbons (Fsp3) is 0.800. The normalized spacial score (nSPS) is 16.5. The minimum Gasteiger partial charge on any atom is -0.382 e. The van der Waals surface area contributed by atoms with Crippen LogP contribution in [0.1, 0.15) is 52.0 Å². The summed E-state index contributed by atoms with van der Waals surface area (Å²) in [4.78, 5) is 4.44. The lowest BCUT2D eigenvalue weighted by molar-refractivity contribution is 0.147. The molecule has 1 heterocycles. The summed E-state index contributed by atoms with van der Waals surface area (Å²) in [5.74, 6) is 1.97. The molecule has 0 aliphatic heterocycles. The Bertz CT molecular complexity index is 360. The van der Waals surface area contributed by atoms with Crippen LogP contribution in [-0.4, -0.2) is 29.3 Å². The minimum atomic E-state index is 0.601. The largest absolute Gasteiger partial charge is 0.382 e. The molecular weight excluding hydrogens is 238 g/mol. The van der Waals surface area contributed by atoms with Crippen LogP contribution in [0.15, 0.2) is 12.4 Å². The van der Waals surface area contributed by atoms with Crippen LogP contribution in [0.5, 0.6) is 0 Å². The Balaban J connectivity index is 1.81. The molecule has 1 saturated carbocycles. The molecule has 4 heteroatoms. The average molecular weight is 265 g/mol. The van der Waals surface area contributed by atoms with Gasteiger partial charge in [0.25, 0.3) is 0 Å². The average Bonchev–Trinajstić information content (AvgIpc) is 3.13. The van der Waals surface area contributed by atoms with Crippen LogP contribution >= 0.6 is 0 Å². The van der Waals surface area contributed by atoms with Crippen LogP contribution in [0.3, 0.4) is 0 Å². The SMILES string of the molecule is CCOCCCNc1nccn1C(CC)CC1CC1.